The summed E-state index contributed by atoms with van der Waals surface area (Å²) in [4.78, 5) is 35.6. The van der Waals surface area contributed by atoms with Crippen molar-refractivity contribution in [2.75, 3.05) is 18.5 Å². The van der Waals surface area contributed by atoms with Crippen molar-refractivity contribution in [3.05, 3.63) is 57.1 Å². The average molecular weight is 400 g/mol. The minimum Gasteiger partial charge on any atom is -0.486 e. The average Bonchev–Trinajstić information content (AvgIpc) is 2.68. The maximum absolute atomic E-state index is 12.5. The molecule has 1 unspecified atom stereocenters. The molecular weight excluding hydrogens is 380 g/mol. The van der Waals surface area contributed by atoms with Crippen molar-refractivity contribution in [3.8, 4) is 11.5 Å². The molecule has 1 aliphatic rings. The molecule has 0 fully saturated rings. The zero-order valence-corrected chi connectivity index (χ0v) is 16.2. The van der Waals surface area contributed by atoms with E-state index in [-0.39, 0.29) is 30.3 Å². The summed E-state index contributed by atoms with van der Waals surface area (Å²) < 4.78 is 15.8. The highest BCUT2D eigenvalue weighted by Crippen LogP contribution is 2.37. The number of anilines is 1. The molecule has 1 heterocycles. The first kappa shape index (κ1) is 20.1. The number of amides is 1. The van der Waals surface area contributed by atoms with Crippen LogP contribution in [-0.4, -0.2) is 36.1 Å². The number of benzene rings is 2. The Kier molecular flexibility index (Phi) is 5.67. The predicted molar refractivity (Wildman–Crippen MR) is 104 cm³/mol. The lowest BCUT2D eigenvalue weighted by Gasteiger charge is -2.19. The first-order valence-electron chi connectivity index (χ1n) is 8.93. The summed E-state index contributed by atoms with van der Waals surface area (Å²) in [6, 6.07) is 7.82. The predicted octanol–water partition coefficient (Wildman–Crippen LogP) is 3.17. The van der Waals surface area contributed by atoms with E-state index >= 15 is 0 Å². The molecule has 2 aromatic rings. The number of fused-ring (bicyclic) bond motifs is 1. The number of hydrogen-bond donors (Lipinski definition) is 1. The van der Waals surface area contributed by atoms with Crippen LogP contribution in [0.25, 0.3) is 0 Å². The van der Waals surface area contributed by atoms with E-state index in [9.17, 15) is 19.7 Å². The zero-order valence-electron chi connectivity index (χ0n) is 16.2. The fourth-order valence-electron chi connectivity index (χ4n) is 2.86. The first-order valence-corrected chi connectivity index (χ1v) is 8.93. The number of rotatable bonds is 5. The molecule has 1 N–H and O–H groups in total. The van der Waals surface area contributed by atoms with E-state index in [1.807, 2.05) is 26.0 Å². The monoisotopic (exact) mass is 400 g/mol. The normalized spacial score (nSPS) is 13.3. The van der Waals surface area contributed by atoms with Crippen molar-refractivity contribution in [2.24, 2.45) is 0 Å². The van der Waals surface area contributed by atoms with E-state index in [1.165, 1.54) is 13.0 Å². The van der Waals surface area contributed by atoms with Crippen LogP contribution in [0.5, 0.6) is 11.5 Å². The summed E-state index contributed by atoms with van der Waals surface area (Å²) >= 11 is 0. The Bertz CT molecular complexity index is 987. The highest BCUT2D eigenvalue weighted by molar-refractivity contribution is 5.99. The van der Waals surface area contributed by atoms with E-state index in [0.717, 1.165) is 17.2 Å². The molecule has 0 radical (unpaired) electrons. The lowest BCUT2D eigenvalue weighted by molar-refractivity contribution is -0.385. The lowest BCUT2D eigenvalue weighted by atomic mass is 10.1. The van der Waals surface area contributed by atoms with E-state index in [1.54, 1.807) is 6.07 Å². The molecule has 1 aliphatic heterocycles. The maximum Gasteiger partial charge on any atom is 0.346 e. The van der Waals surface area contributed by atoms with Crippen molar-refractivity contribution in [1.29, 1.82) is 0 Å². The molecule has 1 amide bonds. The highest BCUT2D eigenvalue weighted by Gasteiger charge is 2.29. The van der Waals surface area contributed by atoms with Crippen molar-refractivity contribution < 1.29 is 28.7 Å². The quantitative estimate of drug-likeness (QED) is 0.465. The van der Waals surface area contributed by atoms with E-state index in [0.29, 0.717) is 5.69 Å². The first-order chi connectivity index (χ1) is 13.8. The van der Waals surface area contributed by atoms with Gasteiger partial charge in [0.05, 0.1) is 11.0 Å². The SMILES string of the molecule is Cc1ccc(NC(=O)C(C)OC(=O)c2cc3c(cc2[N+](=O)[O-])OCCO3)c(C)c1. The van der Waals surface area contributed by atoms with E-state index < -0.39 is 28.6 Å². The molecule has 0 aliphatic carbocycles. The molecule has 0 spiro atoms. The highest BCUT2D eigenvalue weighted by atomic mass is 16.6. The molecule has 9 nitrogen and oxygen atoms in total. The van der Waals surface area contributed by atoms with Gasteiger partial charge in [-0.1, -0.05) is 17.7 Å². The van der Waals surface area contributed by atoms with Crippen LogP contribution in [0, 0.1) is 24.0 Å². The van der Waals surface area contributed by atoms with Crippen molar-refractivity contribution in [2.45, 2.75) is 26.9 Å². The number of hydrogen-bond acceptors (Lipinski definition) is 7. The standard InChI is InChI=1S/C20H20N2O7/c1-11-4-5-15(12(2)8-11)21-19(23)13(3)29-20(24)14-9-17-18(28-7-6-27-17)10-16(14)22(25)26/h4-5,8-10,13H,6-7H2,1-3H3,(H,21,23). The van der Waals surface area contributed by atoms with E-state index in [2.05, 4.69) is 5.32 Å². The van der Waals surface area contributed by atoms with Gasteiger partial charge in [-0.2, -0.15) is 0 Å². The molecule has 0 aromatic heterocycles. The van der Waals surface area contributed by atoms with Crippen LogP contribution in [-0.2, 0) is 9.53 Å². The van der Waals surface area contributed by atoms with Gasteiger partial charge in [-0.25, -0.2) is 4.79 Å². The summed E-state index contributed by atoms with van der Waals surface area (Å²) in [7, 11) is 0. The van der Waals surface area contributed by atoms with Crippen LogP contribution in [0.2, 0.25) is 0 Å². The number of nitro groups is 1. The molecule has 9 heteroatoms. The topological polar surface area (TPSA) is 117 Å². The second-order valence-electron chi connectivity index (χ2n) is 6.63. The van der Waals surface area contributed by atoms with Gasteiger partial charge >= 0.3 is 5.97 Å². The third-order valence-electron chi connectivity index (χ3n) is 4.37. The van der Waals surface area contributed by atoms with Gasteiger partial charge in [0, 0.05) is 11.8 Å². The van der Waals surface area contributed by atoms with Crippen molar-refractivity contribution >= 4 is 23.3 Å². The Balaban J connectivity index is 1.76. The summed E-state index contributed by atoms with van der Waals surface area (Å²) in [6.45, 7) is 5.68. The third kappa shape index (κ3) is 4.45. The second-order valence-corrected chi connectivity index (χ2v) is 6.63. The molecular formula is C20H20N2O7. The van der Waals surface area contributed by atoms with Gasteiger partial charge in [0.1, 0.15) is 18.8 Å². The Morgan fingerprint density at radius 2 is 1.79 bits per heavy atom. The fraction of sp³-hybridized carbons (Fsp3) is 0.300. The number of nitro benzene ring substituents is 1. The summed E-state index contributed by atoms with van der Waals surface area (Å²) in [5, 5.41) is 14.0. The Hall–Kier alpha value is -3.62. The van der Waals surface area contributed by atoms with Crippen molar-refractivity contribution in [1.82, 2.24) is 0 Å². The molecule has 3 rings (SSSR count). The molecule has 2 aromatic carbocycles. The minimum absolute atomic E-state index is 0.181. The second kappa shape index (κ2) is 8.17. The minimum atomic E-state index is -1.17. The van der Waals surface area contributed by atoms with Gasteiger partial charge < -0.3 is 19.5 Å². The van der Waals surface area contributed by atoms with Crippen LogP contribution in [0.15, 0.2) is 30.3 Å². The van der Waals surface area contributed by atoms with Crippen LogP contribution < -0.4 is 14.8 Å². The third-order valence-corrected chi connectivity index (χ3v) is 4.37. The number of esters is 1. The van der Waals surface area contributed by atoms with Crippen LogP contribution in [0.1, 0.15) is 28.4 Å². The van der Waals surface area contributed by atoms with E-state index in [4.69, 9.17) is 14.2 Å². The largest absolute Gasteiger partial charge is 0.486 e. The molecule has 0 saturated heterocycles. The van der Waals surface area contributed by atoms with Crippen LogP contribution >= 0.6 is 0 Å². The van der Waals surface area contributed by atoms with Gasteiger partial charge in [0.25, 0.3) is 11.6 Å². The molecule has 0 bridgehead atoms. The number of carbonyl (C=O) groups is 2. The Morgan fingerprint density at radius 3 is 2.41 bits per heavy atom. The van der Waals surface area contributed by atoms with Gasteiger partial charge in [0.2, 0.25) is 0 Å². The number of aryl methyl sites for hydroxylation is 2. The number of nitrogens with one attached hydrogen (secondary N) is 1. The molecule has 1 atom stereocenters. The summed E-state index contributed by atoms with van der Waals surface area (Å²) in [6.07, 6.45) is -1.17. The van der Waals surface area contributed by atoms with Gasteiger partial charge in [0.15, 0.2) is 17.6 Å². The lowest BCUT2D eigenvalue weighted by Crippen LogP contribution is -2.30. The molecule has 29 heavy (non-hydrogen) atoms. The van der Waals surface area contributed by atoms with Crippen LogP contribution in [0.3, 0.4) is 0 Å². The number of nitrogens with zero attached hydrogens (tertiary/aromatic N) is 1. The smallest absolute Gasteiger partial charge is 0.346 e. The summed E-state index contributed by atoms with van der Waals surface area (Å²) in [5.41, 5.74) is 1.70. The molecule has 0 saturated carbocycles. The van der Waals surface area contributed by atoms with Gasteiger partial charge in [-0.15, -0.1) is 0 Å². The van der Waals surface area contributed by atoms with Crippen molar-refractivity contribution in [3.63, 3.8) is 0 Å². The Morgan fingerprint density at radius 1 is 1.14 bits per heavy atom. The number of carbonyl (C=O) groups excluding carboxylic acids is 2. The zero-order chi connectivity index (χ0) is 21.1. The molecule has 152 valence electrons. The van der Waals surface area contributed by atoms with Crippen LogP contribution in [0.4, 0.5) is 11.4 Å². The van der Waals surface area contributed by atoms with Gasteiger partial charge in [-0.3, -0.25) is 14.9 Å². The summed E-state index contributed by atoms with van der Waals surface area (Å²) in [5.74, 6) is -1.16. The number of ether oxygens (including phenoxy) is 3. The fourth-order valence-corrected chi connectivity index (χ4v) is 2.86. The van der Waals surface area contributed by atoms with Gasteiger partial charge in [-0.05, 0) is 32.4 Å². The maximum atomic E-state index is 12.5. The Labute approximate surface area is 166 Å².